The van der Waals surface area contributed by atoms with Crippen LogP contribution in [0, 0.1) is 0 Å². The van der Waals surface area contributed by atoms with Crippen LogP contribution in [0.1, 0.15) is 6.92 Å². The monoisotopic (exact) mass is 260 g/mol. The van der Waals surface area contributed by atoms with Crippen LogP contribution in [0.3, 0.4) is 0 Å². The summed E-state index contributed by atoms with van der Waals surface area (Å²) in [6.45, 7) is 5.71. The number of methoxy groups -OCH3 is 1. The molecule has 0 saturated heterocycles. The lowest BCUT2D eigenvalue weighted by Crippen LogP contribution is -2.52. The molecule has 7 nitrogen and oxygen atoms in total. The van der Waals surface area contributed by atoms with Crippen molar-refractivity contribution in [2.45, 2.75) is 19.1 Å². The third kappa shape index (κ3) is 5.65. The van der Waals surface area contributed by atoms with Gasteiger partial charge in [-0.15, -0.1) is 6.58 Å². The minimum Gasteiger partial charge on any atom is -0.480 e. The zero-order valence-corrected chi connectivity index (χ0v) is 10.6. The molecule has 0 radical (unpaired) electrons. The van der Waals surface area contributed by atoms with Crippen LogP contribution in [0.25, 0.3) is 0 Å². The van der Waals surface area contributed by atoms with Crippen molar-refractivity contribution in [2.24, 2.45) is 0 Å². The molecule has 3 N–H and O–H groups in total. The van der Waals surface area contributed by atoms with Crippen LogP contribution < -0.4 is 5.32 Å². The second kappa shape index (κ2) is 8.48. The molecule has 104 valence electrons. The molecular weight excluding hydrogens is 240 g/mol. The van der Waals surface area contributed by atoms with Gasteiger partial charge in [-0.25, -0.2) is 9.59 Å². The van der Waals surface area contributed by atoms with Gasteiger partial charge in [-0.05, 0) is 6.92 Å². The number of carboxylic acids is 1. The summed E-state index contributed by atoms with van der Waals surface area (Å²) in [5, 5.41) is 20.3. The summed E-state index contributed by atoms with van der Waals surface area (Å²) >= 11 is 0. The minimum absolute atomic E-state index is 0.265. The van der Waals surface area contributed by atoms with Gasteiger partial charge in [-0.1, -0.05) is 6.08 Å². The first-order chi connectivity index (χ1) is 8.43. The highest BCUT2D eigenvalue weighted by molar-refractivity contribution is 5.83. The van der Waals surface area contributed by atoms with Crippen molar-refractivity contribution in [3.63, 3.8) is 0 Å². The first-order valence-corrected chi connectivity index (χ1v) is 5.50. The van der Waals surface area contributed by atoms with Crippen molar-refractivity contribution in [1.82, 2.24) is 10.2 Å². The molecule has 2 unspecified atom stereocenters. The summed E-state index contributed by atoms with van der Waals surface area (Å²) in [6.07, 6.45) is 0.340. The van der Waals surface area contributed by atoms with E-state index < -0.39 is 24.1 Å². The van der Waals surface area contributed by atoms with Crippen LogP contribution in [0.2, 0.25) is 0 Å². The number of carbonyl (C=O) groups is 2. The molecule has 0 fully saturated rings. The number of nitrogens with zero attached hydrogens (tertiary/aromatic N) is 1. The third-order valence-electron chi connectivity index (χ3n) is 2.23. The van der Waals surface area contributed by atoms with Crippen LogP contribution in [-0.2, 0) is 9.53 Å². The van der Waals surface area contributed by atoms with Gasteiger partial charge in [0.05, 0.1) is 12.7 Å². The van der Waals surface area contributed by atoms with Crippen LogP contribution in [0.4, 0.5) is 4.79 Å². The van der Waals surface area contributed by atoms with Gasteiger partial charge in [0.25, 0.3) is 0 Å². The highest BCUT2D eigenvalue weighted by Gasteiger charge is 2.26. The summed E-state index contributed by atoms with van der Waals surface area (Å²) in [7, 11) is 1.50. The normalized spacial score (nSPS) is 13.5. The van der Waals surface area contributed by atoms with Gasteiger partial charge in [-0.3, -0.25) is 0 Å². The summed E-state index contributed by atoms with van der Waals surface area (Å²) in [6, 6.07) is -1.92. The third-order valence-corrected chi connectivity index (χ3v) is 2.23. The van der Waals surface area contributed by atoms with E-state index in [0.717, 1.165) is 0 Å². The Bertz CT molecular complexity index is 293. The predicted molar refractivity (Wildman–Crippen MR) is 65.3 cm³/mol. The highest BCUT2D eigenvalue weighted by Crippen LogP contribution is 1.97. The molecule has 0 aromatic heterocycles. The van der Waals surface area contributed by atoms with Crippen molar-refractivity contribution in [1.29, 1.82) is 0 Å². The molecule has 2 amide bonds. The Morgan fingerprint density at radius 1 is 1.56 bits per heavy atom. The number of aliphatic carboxylic acids is 1. The van der Waals surface area contributed by atoms with E-state index in [-0.39, 0.29) is 6.54 Å². The molecule has 2 atom stereocenters. The number of nitrogens with one attached hydrogen (secondary N) is 1. The fourth-order valence-corrected chi connectivity index (χ4v) is 1.25. The van der Waals surface area contributed by atoms with Crippen molar-refractivity contribution in [2.75, 3.05) is 26.8 Å². The summed E-state index contributed by atoms with van der Waals surface area (Å²) in [4.78, 5) is 24.0. The van der Waals surface area contributed by atoms with Crippen LogP contribution in [0.5, 0.6) is 0 Å². The number of urea groups is 1. The molecule has 0 aromatic carbocycles. The first-order valence-electron chi connectivity index (χ1n) is 5.50. The molecule has 0 aliphatic heterocycles. The van der Waals surface area contributed by atoms with Gasteiger partial charge in [0.2, 0.25) is 0 Å². The van der Waals surface area contributed by atoms with E-state index in [2.05, 4.69) is 11.9 Å². The number of hydrogen-bond acceptors (Lipinski definition) is 4. The lowest BCUT2D eigenvalue weighted by Gasteiger charge is -2.24. The summed E-state index contributed by atoms with van der Waals surface area (Å²) in [5.41, 5.74) is 0. The van der Waals surface area contributed by atoms with Gasteiger partial charge in [0.1, 0.15) is 0 Å². The highest BCUT2D eigenvalue weighted by atomic mass is 16.5. The van der Waals surface area contributed by atoms with Crippen molar-refractivity contribution < 1.29 is 24.5 Å². The molecule has 0 rings (SSSR count). The molecule has 18 heavy (non-hydrogen) atoms. The second-order valence-corrected chi connectivity index (χ2v) is 3.73. The van der Waals surface area contributed by atoms with E-state index >= 15 is 0 Å². The summed E-state index contributed by atoms with van der Waals surface area (Å²) < 4.78 is 4.85. The smallest absolute Gasteiger partial charge is 0.328 e. The van der Waals surface area contributed by atoms with E-state index in [1.165, 1.54) is 25.0 Å². The van der Waals surface area contributed by atoms with Crippen LogP contribution in [0.15, 0.2) is 12.7 Å². The number of amides is 2. The molecule has 0 bridgehead atoms. The molecule has 0 saturated carbocycles. The number of aliphatic hydroxyl groups is 1. The molecule has 0 aliphatic carbocycles. The van der Waals surface area contributed by atoms with Crippen molar-refractivity contribution in [3.8, 4) is 0 Å². The van der Waals surface area contributed by atoms with E-state index in [1.54, 1.807) is 0 Å². The van der Waals surface area contributed by atoms with Gasteiger partial charge < -0.3 is 25.2 Å². The average Bonchev–Trinajstić information content (AvgIpc) is 2.30. The lowest BCUT2D eigenvalue weighted by atomic mass is 10.2. The van der Waals surface area contributed by atoms with E-state index in [0.29, 0.717) is 13.2 Å². The van der Waals surface area contributed by atoms with Gasteiger partial charge in [-0.2, -0.15) is 0 Å². The second-order valence-electron chi connectivity index (χ2n) is 3.73. The Hall–Kier alpha value is -1.60. The largest absolute Gasteiger partial charge is 0.480 e. The fraction of sp³-hybridized carbons (Fsp3) is 0.636. The number of rotatable bonds is 8. The van der Waals surface area contributed by atoms with Gasteiger partial charge in [0, 0.05) is 20.2 Å². The standard InChI is InChI=1S/C11H20N2O5/c1-4-5-13(6-7-18-3)11(17)12-9(8(2)14)10(15)16/h4,8-9,14H,1,5-7H2,2-3H3,(H,12,17)(H,15,16). The number of carboxylic acid groups (broad SMARTS) is 1. The molecule has 0 aromatic rings. The van der Waals surface area contributed by atoms with Crippen LogP contribution in [-0.4, -0.2) is 66.1 Å². The lowest BCUT2D eigenvalue weighted by molar-refractivity contribution is -0.141. The average molecular weight is 260 g/mol. The maximum atomic E-state index is 11.8. The number of ether oxygens (including phenoxy) is 1. The van der Waals surface area contributed by atoms with Gasteiger partial charge in [0.15, 0.2) is 6.04 Å². The zero-order chi connectivity index (χ0) is 14.1. The fourth-order valence-electron chi connectivity index (χ4n) is 1.25. The van der Waals surface area contributed by atoms with Crippen LogP contribution >= 0.6 is 0 Å². The van der Waals surface area contributed by atoms with Crippen molar-refractivity contribution in [3.05, 3.63) is 12.7 Å². The number of carbonyl (C=O) groups excluding carboxylic acids is 1. The SMILES string of the molecule is C=CCN(CCOC)C(=O)NC(C(=O)O)C(C)O. The Morgan fingerprint density at radius 3 is 2.56 bits per heavy atom. The Morgan fingerprint density at radius 2 is 2.17 bits per heavy atom. The predicted octanol–water partition coefficient (Wildman–Crippen LogP) is -0.336. The number of hydrogen-bond donors (Lipinski definition) is 3. The quantitative estimate of drug-likeness (QED) is 0.519. The Kier molecular flexibility index (Phi) is 7.73. The van der Waals surface area contributed by atoms with E-state index in [1.807, 2.05) is 0 Å². The zero-order valence-electron chi connectivity index (χ0n) is 10.6. The Labute approximate surface area is 106 Å². The van der Waals surface area contributed by atoms with E-state index in [9.17, 15) is 14.7 Å². The topological polar surface area (TPSA) is 99.1 Å². The molecule has 0 aliphatic rings. The maximum absolute atomic E-state index is 11.8. The molecule has 0 heterocycles. The maximum Gasteiger partial charge on any atom is 0.328 e. The van der Waals surface area contributed by atoms with E-state index in [4.69, 9.17) is 9.84 Å². The minimum atomic E-state index is -1.34. The number of aliphatic hydroxyl groups excluding tert-OH is 1. The van der Waals surface area contributed by atoms with Crippen molar-refractivity contribution >= 4 is 12.0 Å². The molecule has 7 heteroatoms. The molecule has 0 spiro atoms. The molecular formula is C11H20N2O5. The Balaban J connectivity index is 4.55. The first kappa shape index (κ1) is 16.4. The van der Waals surface area contributed by atoms with Gasteiger partial charge >= 0.3 is 12.0 Å². The summed E-state index contributed by atoms with van der Waals surface area (Å²) in [5.74, 6) is -1.29.